The smallest absolute Gasteiger partial charge is 0.0509 e. The molecule has 0 spiro atoms. The van der Waals surface area contributed by atoms with E-state index in [2.05, 4.69) is 48.0 Å². The highest BCUT2D eigenvalue weighted by Gasteiger charge is 2.14. The molecule has 0 aliphatic heterocycles. The van der Waals surface area contributed by atoms with E-state index in [1.54, 1.807) is 0 Å². The Morgan fingerprint density at radius 1 is 1.16 bits per heavy atom. The molecule has 0 radical (unpaired) electrons. The Kier molecular flexibility index (Phi) is 4.80. The lowest BCUT2D eigenvalue weighted by Crippen LogP contribution is -2.31. The lowest BCUT2D eigenvalue weighted by atomic mass is 10.1. The second kappa shape index (κ2) is 6.58. The minimum absolute atomic E-state index is 0.407. The number of benzene rings is 1. The molecular formula is C16H19ClN2. The van der Waals surface area contributed by atoms with Crippen LogP contribution in [0.2, 0.25) is 0 Å². The summed E-state index contributed by atoms with van der Waals surface area (Å²) >= 11 is 6.02. The molecule has 0 N–H and O–H groups in total. The highest BCUT2D eigenvalue weighted by molar-refractivity contribution is 6.17. The highest BCUT2D eigenvalue weighted by Crippen LogP contribution is 2.25. The number of nitrogens with zero attached hydrogens (tertiary/aromatic N) is 2. The van der Waals surface area contributed by atoms with E-state index in [1.807, 2.05) is 24.5 Å². The quantitative estimate of drug-likeness (QED) is 0.759. The third-order valence-electron chi connectivity index (χ3n) is 3.15. The molecule has 0 aliphatic rings. The van der Waals surface area contributed by atoms with Crippen molar-refractivity contribution in [3.63, 3.8) is 0 Å². The van der Waals surface area contributed by atoms with Gasteiger partial charge in [0, 0.05) is 36.2 Å². The molecule has 0 fully saturated rings. The van der Waals surface area contributed by atoms with Crippen LogP contribution >= 0.6 is 11.6 Å². The van der Waals surface area contributed by atoms with Gasteiger partial charge in [-0.25, -0.2) is 0 Å². The lowest BCUT2D eigenvalue weighted by Gasteiger charge is -2.30. The minimum atomic E-state index is 0.407. The Bertz CT molecular complexity index is 511. The Morgan fingerprint density at radius 3 is 2.53 bits per heavy atom. The van der Waals surface area contributed by atoms with Crippen LogP contribution < -0.4 is 4.90 Å². The number of aromatic nitrogens is 1. The van der Waals surface area contributed by atoms with Crippen LogP contribution in [0, 0.1) is 0 Å². The summed E-state index contributed by atoms with van der Waals surface area (Å²) in [7, 11) is 0. The minimum Gasteiger partial charge on any atom is -0.364 e. The fraction of sp³-hybridized carbons (Fsp3) is 0.312. The van der Waals surface area contributed by atoms with Gasteiger partial charge in [0.05, 0.1) is 5.88 Å². The maximum atomic E-state index is 6.02. The average molecular weight is 275 g/mol. The summed E-state index contributed by atoms with van der Waals surface area (Å²) < 4.78 is 0. The Hall–Kier alpha value is -1.54. The van der Waals surface area contributed by atoms with E-state index in [9.17, 15) is 0 Å². The van der Waals surface area contributed by atoms with Gasteiger partial charge in [-0.05, 0) is 25.5 Å². The topological polar surface area (TPSA) is 16.1 Å². The van der Waals surface area contributed by atoms with Gasteiger partial charge in [-0.2, -0.15) is 0 Å². The molecule has 0 atom stereocenters. The molecule has 1 aromatic heterocycles. The zero-order chi connectivity index (χ0) is 13.7. The SMILES string of the molecule is CC(C)N(Cc1ccccc1)c1ccncc1CCl. The zero-order valence-electron chi connectivity index (χ0n) is 11.4. The van der Waals surface area contributed by atoms with Crippen LogP contribution in [0.1, 0.15) is 25.0 Å². The second-order valence-corrected chi connectivity index (χ2v) is 5.11. The number of anilines is 1. The van der Waals surface area contributed by atoms with Crippen molar-refractivity contribution in [3.8, 4) is 0 Å². The van der Waals surface area contributed by atoms with E-state index >= 15 is 0 Å². The summed E-state index contributed by atoms with van der Waals surface area (Å²) in [6.07, 6.45) is 3.68. The predicted molar refractivity (Wildman–Crippen MR) is 81.6 cm³/mol. The van der Waals surface area contributed by atoms with Crippen molar-refractivity contribution in [2.45, 2.75) is 32.3 Å². The molecule has 0 saturated carbocycles. The normalized spacial score (nSPS) is 10.7. The lowest BCUT2D eigenvalue weighted by molar-refractivity contribution is 0.679. The third kappa shape index (κ3) is 3.48. The molecule has 2 aromatic rings. The van der Waals surface area contributed by atoms with Gasteiger partial charge in [0.2, 0.25) is 0 Å². The standard InChI is InChI=1S/C16H19ClN2/c1-13(2)19(12-14-6-4-3-5-7-14)16-8-9-18-11-15(16)10-17/h3-9,11,13H,10,12H2,1-2H3. The summed E-state index contributed by atoms with van der Waals surface area (Å²) in [5.74, 6) is 0.487. The molecule has 0 amide bonds. The second-order valence-electron chi connectivity index (χ2n) is 4.85. The first-order valence-corrected chi connectivity index (χ1v) is 7.05. The van der Waals surface area contributed by atoms with Crippen LogP contribution in [0.5, 0.6) is 0 Å². The third-order valence-corrected chi connectivity index (χ3v) is 3.44. The number of hydrogen-bond donors (Lipinski definition) is 0. The molecule has 0 saturated heterocycles. The van der Waals surface area contributed by atoms with Gasteiger partial charge in [-0.15, -0.1) is 11.6 Å². The molecule has 0 aliphatic carbocycles. The monoisotopic (exact) mass is 274 g/mol. The van der Waals surface area contributed by atoms with Gasteiger partial charge in [0.1, 0.15) is 0 Å². The first kappa shape index (κ1) is 13.9. The van der Waals surface area contributed by atoms with Crippen molar-refractivity contribution in [2.24, 2.45) is 0 Å². The molecule has 0 bridgehead atoms. The first-order chi connectivity index (χ1) is 9.22. The van der Waals surface area contributed by atoms with E-state index in [0.717, 1.165) is 12.1 Å². The van der Waals surface area contributed by atoms with Gasteiger partial charge in [-0.1, -0.05) is 30.3 Å². The van der Waals surface area contributed by atoms with Crippen molar-refractivity contribution in [3.05, 3.63) is 59.9 Å². The summed E-state index contributed by atoms with van der Waals surface area (Å²) in [6, 6.07) is 12.9. The van der Waals surface area contributed by atoms with Crippen LogP contribution in [0.25, 0.3) is 0 Å². The molecule has 2 nitrogen and oxygen atoms in total. The van der Waals surface area contributed by atoms with E-state index in [0.29, 0.717) is 11.9 Å². The molecule has 1 heterocycles. The Balaban J connectivity index is 2.30. The molecular weight excluding hydrogens is 256 g/mol. The van der Waals surface area contributed by atoms with Gasteiger partial charge < -0.3 is 4.90 Å². The van der Waals surface area contributed by atoms with Crippen LogP contribution in [0.15, 0.2) is 48.8 Å². The summed E-state index contributed by atoms with van der Waals surface area (Å²) in [6.45, 7) is 5.27. The Morgan fingerprint density at radius 2 is 1.89 bits per heavy atom. The van der Waals surface area contributed by atoms with E-state index in [1.165, 1.54) is 11.3 Å². The summed E-state index contributed by atoms with van der Waals surface area (Å²) in [4.78, 5) is 6.51. The van der Waals surface area contributed by atoms with E-state index < -0.39 is 0 Å². The summed E-state index contributed by atoms with van der Waals surface area (Å²) in [5.41, 5.74) is 3.55. The molecule has 0 unspecified atom stereocenters. The fourth-order valence-electron chi connectivity index (χ4n) is 2.13. The van der Waals surface area contributed by atoms with Crippen molar-refractivity contribution in [1.29, 1.82) is 0 Å². The molecule has 3 heteroatoms. The highest BCUT2D eigenvalue weighted by atomic mass is 35.5. The maximum absolute atomic E-state index is 6.02. The van der Waals surface area contributed by atoms with Crippen molar-refractivity contribution in [2.75, 3.05) is 4.90 Å². The summed E-state index contributed by atoms with van der Waals surface area (Å²) in [5, 5.41) is 0. The van der Waals surface area contributed by atoms with Crippen molar-refractivity contribution in [1.82, 2.24) is 4.98 Å². The number of rotatable bonds is 5. The average Bonchev–Trinajstić information content (AvgIpc) is 2.45. The van der Waals surface area contributed by atoms with E-state index in [4.69, 9.17) is 11.6 Å². The molecule has 19 heavy (non-hydrogen) atoms. The van der Waals surface area contributed by atoms with Gasteiger partial charge in [-0.3, -0.25) is 4.98 Å². The predicted octanol–water partition coefficient (Wildman–Crippen LogP) is 4.24. The van der Waals surface area contributed by atoms with Crippen LogP contribution in [-0.4, -0.2) is 11.0 Å². The zero-order valence-corrected chi connectivity index (χ0v) is 12.1. The molecule has 100 valence electrons. The number of alkyl halides is 1. The van der Waals surface area contributed by atoms with Crippen molar-refractivity contribution >= 4 is 17.3 Å². The van der Waals surface area contributed by atoms with Crippen LogP contribution in [0.4, 0.5) is 5.69 Å². The fourth-order valence-corrected chi connectivity index (χ4v) is 2.33. The number of pyridine rings is 1. The van der Waals surface area contributed by atoms with Crippen molar-refractivity contribution < 1.29 is 0 Å². The molecule has 1 aromatic carbocycles. The van der Waals surface area contributed by atoms with Gasteiger partial charge in [0.25, 0.3) is 0 Å². The first-order valence-electron chi connectivity index (χ1n) is 6.51. The Labute approximate surface area is 120 Å². The molecule has 2 rings (SSSR count). The van der Waals surface area contributed by atoms with Gasteiger partial charge in [0.15, 0.2) is 0 Å². The van der Waals surface area contributed by atoms with Crippen LogP contribution in [-0.2, 0) is 12.4 Å². The van der Waals surface area contributed by atoms with Crippen LogP contribution in [0.3, 0.4) is 0 Å². The van der Waals surface area contributed by atoms with Gasteiger partial charge >= 0.3 is 0 Å². The maximum Gasteiger partial charge on any atom is 0.0509 e. The number of halogens is 1. The van der Waals surface area contributed by atoms with E-state index in [-0.39, 0.29) is 0 Å². The number of hydrogen-bond acceptors (Lipinski definition) is 2. The largest absolute Gasteiger partial charge is 0.364 e.